The first-order valence-corrected chi connectivity index (χ1v) is 5.75. The molecule has 3 aromatic rings. The third kappa shape index (κ3) is 1.22. The molecule has 2 aromatic heterocycles. The van der Waals surface area contributed by atoms with Crippen LogP contribution in [0.25, 0.3) is 21.3 Å². The van der Waals surface area contributed by atoms with E-state index in [0.29, 0.717) is 5.82 Å². The number of rotatable bonds is 1. The van der Waals surface area contributed by atoms with E-state index in [-0.39, 0.29) is 0 Å². The molecule has 0 atom stereocenters. The van der Waals surface area contributed by atoms with Crippen LogP contribution in [0.15, 0.2) is 29.9 Å². The van der Waals surface area contributed by atoms with E-state index in [0.717, 1.165) is 21.3 Å². The summed E-state index contributed by atoms with van der Waals surface area (Å²) in [6.07, 6.45) is 1.80. The van der Waals surface area contributed by atoms with Crippen molar-refractivity contribution >= 4 is 27.4 Å². The predicted molar refractivity (Wildman–Crippen MR) is 66.2 cm³/mol. The van der Waals surface area contributed by atoms with Gasteiger partial charge in [0.2, 0.25) is 0 Å². The molecule has 16 heavy (non-hydrogen) atoms. The number of aromatic nitrogens is 3. The molecule has 1 aromatic carbocycles. The lowest BCUT2D eigenvalue weighted by atomic mass is 10.1. The fourth-order valence-corrected chi connectivity index (χ4v) is 2.57. The molecular formula is C11H10N4S. The molecule has 0 spiro atoms. The molecule has 0 saturated carbocycles. The van der Waals surface area contributed by atoms with Gasteiger partial charge in [0.25, 0.3) is 0 Å². The smallest absolute Gasteiger partial charge is 0.129 e. The van der Waals surface area contributed by atoms with Crippen LogP contribution < -0.4 is 5.73 Å². The van der Waals surface area contributed by atoms with Gasteiger partial charge in [-0.05, 0) is 6.07 Å². The molecule has 0 aliphatic carbocycles. The van der Waals surface area contributed by atoms with E-state index in [1.165, 1.54) is 0 Å². The second kappa shape index (κ2) is 3.31. The summed E-state index contributed by atoms with van der Waals surface area (Å²) >= 11 is 1.62. The topological polar surface area (TPSA) is 56.7 Å². The fourth-order valence-electron chi connectivity index (χ4n) is 1.75. The number of anilines is 1. The zero-order valence-corrected chi connectivity index (χ0v) is 9.53. The highest BCUT2D eigenvalue weighted by molar-refractivity contribution is 7.17. The quantitative estimate of drug-likeness (QED) is 0.697. The zero-order chi connectivity index (χ0) is 11.1. The third-order valence-electron chi connectivity index (χ3n) is 2.63. The largest absolute Gasteiger partial charge is 0.383 e. The van der Waals surface area contributed by atoms with Crippen LogP contribution in [0.1, 0.15) is 0 Å². The van der Waals surface area contributed by atoms with Crippen molar-refractivity contribution in [3.63, 3.8) is 0 Å². The van der Waals surface area contributed by atoms with Gasteiger partial charge in [0, 0.05) is 18.2 Å². The number of aryl methyl sites for hydroxylation is 1. The van der Waals surface area contributed by atoms with Crippen molar-refractivity contribution < 1.29 is 0 Å². The molecule has 80 valence electrons. The molecule has 0 radical (unpaired) electrons. The van der Waals surface area contributed by atoms with E-state index in [1.807, 2.05) is 30.8 Å². The molecule has 0 bridgehead atoms. The standard InChI is InChI=1S/C11H10N4S/c1-15-11(12)8(5-14-15)7-3-2-4-9-10(7)16-6-13-9/h2-6H,12H2,1H3. The van der Waals surface area contributed by atoms with Crippen LogP contribution in [0.3, 0.4) is 0 Å². The summed E-state index contributed by atoms with van der Waals surface area (Å²) in [4.78, 5) is 4.29. The normalized spacial score (nSPS) is 11.1. The highest BCUT2D eigenvalue weighted by Gasteiger charge is 2.11. The number of thiazole rings is 1. The summed E-state index contributed by atoms with van der Waals surface area (Å²) in [6.45, 7) is 0. The number of benzene rings is 1. The van der Waals surface area contributed by atoms with E-state index < -0.39 is 0 Å². The van der Waals surface area contributed by atoms with E-state index in [1.54, 1.807) is 22.2 Å². The lowest BCUT2D eigenvalue weighted by Crippen LogP contribution is -1.98. The van der Waals surface area contributed by atoms with Gasteiger partial charge in [0.15, 0.2) is 0 Å². The minimum atomic E-state index is 0.681. The molecule has 3 rings (SSSR count). The monoisotopic (exact) mass is 230 g/mol. The molecule has 0 saturated heterocycles. The van der Waals surface area contributed by atoms with Crippen LogP contribution in [0, 0.1) is 0 Å². The van der Waals surface area contributed by atoms with Gasteiger partial charge in [-0.1, -0.05) is 12.1 Å². The van der Waals surface area contributed by atoms with Gasteiger partial charge in [-0.3, -0.25) is 4.68 Å². The Balaban J connectivity index is 2.33. The minimum absolute atomic E-state index is 0.681. The number of hydrogen-bond donors (Lipinski definition) is 1. The number of nitrogens with two attached hydrogens (primary N) is 1. The highest BCUT2D eigenvalue weighted by atomic mass is 32.1. The Kier molecular flexibility index (Phi) is 1.94. The van der Waals surface area contributed by atoms with Gasteiger partial charge in [-0.25, -0.2) is 4.98 Å². The lowest BCUT2D eigenvalue weighted by molar-refractivity contribution is 0.779. The number of fused-ring (bicyclic) bond motifs is 1. The summed E-state index contributed by atoms with van der Waals surface area (Å²) < 4.78 is 2.83. The Hall–Kier alpha value is -1.88. The summed E-state index contributed by atoms with van der Waals surface area (Å²) in [7, 11) is 1.84. The average Bonchev–Trinajstić information content (AvgIpc) is 2.87. The van der Waals surface area contributed by atoms with Crippen molar-refractivity contribution in [3.8, 4) is 11.1 Å². The molecule has 5 heteroatoms. The second-order valence-corrected chi connectivity index (χ2v) is 4.43. The maximum atomic E-state index is 5.98. The van der Waals surface area contributed by atoms with Gasteiger partial charge in [0.05, 0.1) is 21.9 Å². The zero-order valence-electron chi connectivity index (χ0n) is 8.71. The average molecular weight is 230 g/mol. The fraction of sp³-hybridized carbons (Fsp3) is 0.0909. The van der Waals surface area contributed by atoms with Gasteiger partial charge in [-0.15, -0.1) is 11.3 Å². The Morgan fingerprint density at radius 3 is 2.94 bits per heavy atom. The van der Waals surface area contributed by atoms with Crippen LogP contribution >= 0.6 is 11.3 Å². The van der Waals surface area contributed by atoms with E-state index in [2.05, 4.69) is 10.1 Å². The Labute approximate surface area is 96.3 Å². The van der Waals surface area contributed by atoms with Crippen LogP contribution in [0.4, 0.5) is 5.82 Å². The maximum absolute atomic E-state index is 5.98. The molecule has 0 aliphatic heterocycles. The molecule has 0 aliphatic rings. The number of hydrogen-bond acceptors (Lipinski definition) is 4. The molecule has 2 heterocycles. The van der Waals surface area contributed by atoms with Gasteiger partial charge in [-0.2, -0.15) is 5.10 Å². The van der Waals surface area contributed by atoms with Crippen LogP contribution in [0.2, 0.25) is 0 Å². The SMILES string of the molecule is Cn1ncc(-c2cccc3ncsc23)c1N. The van der Waals surface area contributed by atoms with Crippen molar-refractivity contribution in [2.24, 2.45) is 7.05 Å². The minimum Gasteiger partial charge on any atom is -0.383 e. The second-order valence-electron chi connectivity index (χ2n) is 3.57. The van der Waals surface area contributed by atoms with Gasteiger partial charge in [0.1, 0.15) is 5.82 Å². The molecule has 2 N–H and O–H groups in total. The van der Waals surface area contributed by atoms with E-state index in [9.17, 15) is 0 Å². The van der Waals surface area contributed by atoms with Gasteiger partial charge >= 0.3 is 0 Å². The summed E-state index contributed by atoms with van der Waals surface area (Å²) in [5.41, 5.74) is 10.9. The molecule has 0 fully saturated rings. The lowest BCUT2D eigenvalue weighted by Gasteiger charge is -2.01. The summed E-state index contributed by atoms with van der Waals surface area (Å²) in [6, 6.07) is 6.04. The van der Waals surface area contributed by atoms with Crippen molar-refractivity contribution in [1.82, 2.24) is 14.8 Å². The first kappa shape index (κ1) is 9.35. The van der Waals surface area contributed by atoms with E-state index >= 15 is 0 Å². The Morgan fingerprint density at radius 1 is 1.31 bits per heavy atom. The number of nitrogens with zero attached hydrogens (tertiary/aromatic N) is 3. The highest BCUT2D eigenvalue weighted by Crippen LogP contribution is 2.33. The van der Waals surface area contributed by atoms with Crippen LogP contribution in [0.5, 0.6) is 0 Å². The van der Waals surface area contributed by atoms with Crippen molar-refractivity contribution in [3.05, 3.63) is 29.9 Å². The maximum Gasteiger partial charge on any atom is 0.129 e. The number of nitrogen functional groups attached to an aromatic ring is 1. The first-order chi connectivity index (χ1) is 7.77. The molecule has 0 amide bonds. The van der Waals surface area contributed by atoms with Crippen LogP contribution in [-0.4, -0.2) is 14.8 Å². The summed E-state index contributed by atoms with van der Waals surface area (Å²) in [5, 5.41) is 4.16. The third-order valence-corrected chi connectivity index (χ3v) is 3.51. The molecule has 4 nitrogen and oxygen atoms in total. The first-order valence-electron chi connectivity index (χ1n) is 4.87. The van der Waals surface area contributed by atoms with Crippen molar-refractivity contribution in [2.75, 3.05) is 5.73 Å². The Bertz CT molecular complexity index is 653. The van der Waals surface area contributed by atoms with Crippen LogP contribution in [-0.2, 0) is 7.05 Å². The molecule has 0 unspecified atom stereocenters. The van der Waals surface area contributed by atoms with Crippen molar-refractivity contribution in [2.45, 2.75) is 0 Å². The van der Waals surface area contributed by atoms with Gasteiger partial charge < -0.3 is 5.73 Å². The van der Waals surface area contributed by atoms with E-state index in [4.69, 9.17) is 5.73 Å². The predicted octanol–water partition coefficient (Wildman–Crippen LogP) is 2.28. The van der Waals surface area contributed by atoms with Crippen molar-refractivity contribution in [1.29, 1.82) is 0 Å². The molecular weight excluding hydrogens is 220 g/mol. The summed E-state index contributed by atoms with van der Waals surface area (Å²) in [5.74, 6) is 0.681. The Morgan fingerprint density at radius 2 is 2.19 bits per heavy atom.